The van der Waals surface area contributed by atoms with E-state index in [1.165, 1.54) is 28.1 Å². The molecule has 1 saturated heterocycles. The van der Waals surface area contributed by atoms with Crippen LogP contribution < -0.4 is 0 Å². The van der Waals surface area contributed by atoms with E-state index in [2.05, 4.69) is 43.6 Å². The highest BCUT2D eigenvalue weighted by Crippen LogP contribution is 2.36. The minimum atomic E-state index is 0.0455. The van der Waals surface area contributed by atoms with Gasteiger partial charge in [-0.15, -0.1) is 0 Å². The highest BCUT2D eigenvalue weighted by Gasteiger charge is 2.34. The Bertz CT molecular complexity index is 665. The number of aromatic nitrogens is 1. The molecule has 20 heavy (non-hydrogen) atoms. The van der Waals surface area contributed by atoms with Crippen molar-refractivity contribution in [3.8, 4) is 0 Å². The van der Waals surface area contributed by atoms with Crippen LogP contribution in [0.1, 0.15) is 24.0 Å². The minimum Gasteiger partial charge on any atom is -0.361 e. The molecule has 1 aliphatic heterocycles. The van der Waals surface area contributed by atoms with E-state index in [0.717, 1.165) is 13.1 Å². The maximum absolute atomic E-state index is 11.5. The lowest BCUT2D eigenvalue weighted by molar-refractivity contribution is -0.132. The number of hydrogen-bond acceptors (Lipinski definition) is 1. The summed E-state index contributed by atoms with van der Waals surface area (Å²) in [4.78, 5) is 16.7. The summed E-state index contributed by atoms with van der Waals surface area (Å²) >= 11 is 0. The second-order valence-corrected chi connectivity index (χ2v) is 5.73. The lowest BCUT2D eigenvalue weighted by Gasteiger charge is -2.42. The standard InChI is InChI=1S/C17H20N2O/c1-4-16(20)19-9-13(10-19)12(3)14-6-5-11(2)17-15(14)7-8-18-17/h4-8,12-13,18H,1,9-10H2,2-3H3/t12-/m1/s1. The molecule has 1 aliphatic rings. The summed E-state index contributed by atoms with van der Waals surface area (Å²) < 4.78 is 0. The van der Waals surface area contributed by atoms with Crippen molar-refractivity contribution in [3.05, 3.63) is 48.2 Å². The number of nitrogens with one attached hydrogen (secondary N) is 1. The van der Waals surface area contributed by atoms with Crippen molar-refractivity contribution in [2.75, 3.05) is 13.1 Å². The number of hydrogen-bond donors (Lipinski definition) is 1. The monoisotopic (exact) mass is 268 g/mol. The first-order valence-electron chi connectivity index (χ1n) is 7.09. The zero-order valence-electron chi connectivity index (χ0n) is 12.0. The molecule has 1 N–H and O–H groups in total. The molecule has 0 radical (unpaired) electrons. The predicted octanol–water partition coefficient (Wildman–Crippen LogP) is 3.22. The maximum Gasteiger partial charge on any atom is 0.245 e. The van der Waals surface area contributed by atoms with Gasteiger partial charge in [0.2, 0.25) is 5.91 Å². The largest absolute Gasteiger partial charge is 0.361 e. The van der Waals surface area contributed by atoms with Crippen molar-refractivity contribution in [2.45, 2.75) is 19.8 Å². The summed E-state index contributed by atoms with van der Waals surface area (Å²) in [6, 6.07) is 6.56. The third kappa shape index (κ3) is 1.94. The first-order valence-corrected chi connectivity index (χ1v) is 7.09. The van der Waals surface area contributed by atoms with Gasteiger partial charge in [-0.05, 0) is 36.1 Å². The zero-order chi connectivity index (χ0) is 14.3. The smallest absolute Gasteiger partial charge is 0.245 e. The van der Waals surface area contributed by atoms with E-state index in [0.29, 0.717) is 11.8 Å². The average molecular weight is 268 g/mol. The van der Waals surface area contributed by atoms with Crippen molar-refractivity contribution in [1.29, 1.82) is 0 Å². The molecule has 3 rings (SSSR count). The third-order valence-corrected chi connectivity index (χ3v) is 4.56. The second kappa shape index (κ2) is 4.82. The Kier molecular flexibility index (Phi) is 3.13. The minimum absolute atomic E-state index is 0.0455. The Morgan fingerprint density at radius 2 is 2.20 bits per heavy atom. The topological polar surface area (TPSA) is 36.1 Å². The molecule has 0 unspecified atom stereocenters. The van der Waals surface area contributed by atoms with Crippen LogP contribution in [0, 0.1) is 12.8 Å². The molecule has 1 atom stereocenters. The normalized spacial score (nSPS) is 17.0. The summed E-state index contributed by atoms with van der Waals surface area (Å²) in [5.74, 6) is 1.05. The van der Waals surface area contributed by atoms with Gasteiger partial charge in [0.15, 0.2) is 0 Å². The number of carbonyl (C=O) groups is 1. The van der Waals surface area contributed by atoms with Crippen LogP contribution in [-0.2, 0) is 4.79 Å². The summed E-state index contributed by atoms with van der Waals surface area (Å²) in [7, 11) is 0. The highest BCUT2D eigenvalue weighted by molar-refractivity contribution is 5.88. The molecule has 3 nitrogen and oxygen atoms in total. The SMILES string of the molecule is C=CC(=O)N1CC([C@@H](C)c2ccc(C)c3[nH]ccc23)C1. The third-order valence-electron chi connectivity index (χ3n) is 4.56. The number of H-pyrrole nitrogens is 1. The Morgan fingerprint density at radius 3 is 2.90 bits per heavy atom. The van der Waals surface area contributed by atoms with Gasteiger partial charge in [0.1, 0.15) is 0 Å². The van der Waals surface area contributed by atoms with Crippen molar-refractivity contribution >= 4 is 16.8 Å². The van der Waals surface area contributed by atoms with Gasteiger partial charge in [-0.3, -0.25) is 4.79 Å². The van der Waals surface area contributed by atoms with Crippen LogP contribution in [0.5, 0.6) is 0 Å². The van der Waals surface area contributed by atoms with Crippen LogP contribution in [0.4, 0.5) is 0 Å². The molecular weight excluding hydrogens is 248 g/mol. The van der Waals surface area contributed by atoms with Gasteiger partial charge in [0, 0.05) is 36.1 Å². The molecule has 1 aromatic carbocycles. The molecule has 0 aliphatic carbocycles. The molecule has 1 aromatic heterocycles. The Hall–Kier alpha value is -2.03. The number of amides is 1. The second-order valence-electron chi connectivity index (χ2n) is 5.73. The van der Waals surface area contributed by atoms with E-state index in [4.69, 9.17) is 0 Å². The van der Waals surface area contributed by atoms with Gasteiger partial charge in [-0.2, -0.15) is 0 Å². The van der Waals surface area contributed by atoms with E-state index in [1.54, 1.807) is 0 Å². The van der Waals surface area contributed by atoms with Crippen molar-refractivity contribution < 1.29 is 4.79 Å². The maximum atomic E-state index is 11.5. The number of rotatable bonds is 3. The molecule has 0 spiro atoms. The van der Waals surface area contributed by atoms with Gasteiger partial charge < -0.3 is 9.88 Å². The Balaban J connectivity index is 1.82. The van der Waals surface area contributed by atoms with Gasteiger partial charge in [-0.1, -0.05) is 25.6 Å². The van der Waals surface area contributed by atoms with Crippen molar-refractivity contribution in [3.63, 3.8) is 0 Å². The van der Waals surface area contributed by atoms with Crippen LogP contribution in [0.15, 0.2) is 37.1 Å². The fraction of sp³-hybridized carbons (Fsp3) is 0.353. The van der Waals surface area contributed by atoms with Crippen molar-refractivity contribution in [2.24, 2.45) is 5.92 Å². The Labute approximate surface area is 119 Å². The van der Waals surface area contributed by atoms with Crippen LogP contribution in [0.25, 0.3) is 10.9 Å². The number of aromatic amines is 1. The van der Waals surface area contributed by atoms with E-state index in [-0.39, 0.29) is 5.91 Å². The number of fused-ring (bicyclic) bond motifs is 1. The fourth-order valence-corrected chi connectivity index (χ4v) is 3.11. The first-order chi connectivity index (χ1) is 9.61. The number of likely N-dealkylation sites (tertiary alicyclic amines) is 1. The van der Waals surface area contributed by atoms with E-state index in [9.17, 15) is 4.79 Å². The molecule has 1 amide bonds. The van der Waals surface area contributed by atoms with Crippen LogP contribution >= 0.6 is 0 Å². The molecule has 1 fully saturated rings. The fourth-order valence-electron chi connectivity index (χ4n) is 3.11. The van der Waals surface area contributed by atoms with E-state index >= 15 is 0 Å². The molecule has 104 valence electrons. The Morgan fingerprint density at radius 1 is 1.45 bits per heavy atom. The summed E-state index contributed by atoms with van der Waals surface area (Å²) in [6.45, 7) is 9.61. The predicted molar refractivity (Wildman–Crippen MR) is 81.7 cm³/mol. The van der Waals surface area contributed by atoms with Gasteiger partial charge in [-0.25, -0.2) is 0 Å². The summed E-state index contributed by atoms with van der Waals surface area (Å²) in [5, 5.41) is 1.31. The highest BCUT2D eigenvalue weighted by atomic mass is 16.2. The molecule has 2 aromatic rings. The number of aryl methyl sites for hydroxylation is 1. The van der Waals surface area contributed by atoms with Crippen molar-refractivity contribution in [1.82, 2.24) is 9.88 Å². The van der Waals surface area contributed by atoms with Gasteiger partial charge >= 0.3 is 0 Å². The number of benzene rings is 1. The quantitative estimate of drug-likeness (QED) is 0.852. The summed E-state index contributed by atoms with van der Waals surface area (Å²) in [5.41, 5.74) is 3.88. The van der Waals surface area contributed by atoms with Gasteiger partial charge in [0.05, 0.1) is 0 Å². The van der Waals surface area contributed by atoms with Crippen LogP contribution in [0.2, 0.25) is 0 Å². The first kappa shape index (κ1) is 13.0. The van der Waals surface area contributed by atoms with E-state index < -0.39 is 0 Å². The number of nitrogens with zero attached hydrogens (tertiary/aromatic N) is 1. The molecular formula is C17H20N2O. The lowest BCUT2D eigenvalue weighted by Crippen LogP contribution is -2.51. The lowest BCUT2D eigenvalue weighted by atomic mass is 9.81. The van der Waals surface area contributed by atoms with Gasteiger partial charge in [0.25, 0.3) is 0 Å². The average Bonchev–Trinajstić information content (AvgIpc) is 2.87. The van der Waals surface area contributed by atoms with Crippen LogP contribution in [-0.4, -0.2) is 28.9 Å². The summed E-state index contributed by atoms with van der Waals surface area (Å²) in [6.07, 6.45) is 3.40. The molecule has 0 saturated carbocycles. The zero-order valence-corrected chi connectivity index (χ0v) is 12.0. The molecule has 2 heterocycles. The number of carbonyl (C=O) groups excluding carboxylic acids is 1. The molecule has 0 bridgehead atoms. The van der Waals surface area contributed by atoms with Crippen LogP contribution in [0.3, 0.4) is 0 Å². The van der Waals surface area contributed by atoms with E-state index in [1.807, 2.05) is 11.1 Å². The molecule has 3 heteroatoms.